The standard InChI is InChI=1S/C12H14N2O4/c15-6-10(12(17)18)14-11(16)8-2-1-7-3-4-13-9(7)5-8/h1-2,5,10,13,15H,3-4,6H2,(H,14,16)(H,17,18)/t10-/m1/s1. The highest BCUT2D eigenvalue weighted by Gasteiger charge is 2.20. The van der Waals surface area contributed by atoms with Gasteiger partial charge in [-0.25, -0.2) is 4.79 Å². The maximum Gasteiger partial charge on any atom is 0.328 e. The first kappa shape index (κ1) is 12.4. The molecule has 0 unspecified atom stereocenters. The highest BCUT2D eigenvalue weighted by Crippen LogP contribution is 2.23. The molecular weight excluding hydrogens is 236 g/mol. The molecule has 1 heterocycles. The molecule has 0 aliphatic carbocycles. The number of carboxylic acids is 1. The van der Waals surface area contributed by atoms with Gasteiger partial charge in [-0.1, -0.05) is 6.07 Å². The lowest BCUT2D eigenvalue weighted by Crippen LogP contribution is -2.43. The van der Waals surface area contributed by atoms with E-state index >= 15 is 0 Å². The zero-order valence-corrected chi connectivity index (χ0v) is 9.64. The van der Waals surface area contributed by atoms with Gasteiger partial charge in [0.1, 0.15) is 0 Å². The lowest BCUT2D eigenvalue weighted by atomic mass is 10.1. The lowest BCUT2D eigenvalue weighted by molar-refractivity contribution is -0.140. The van der Waals surface area contributed by atoms with Gasteiger partial charge >= 0.3 is 5.97 Å². The molecule has 6 heteroatoms. The molecule has 0 fully saturated rings. The average molecular weight is 250 g/mol. The summed E-state index contributed by atoms with van der Waals surface area (Å²) in [6.45, 7) is 0.207. The summed E-state index contributed by atoms with van der Waals surface area (Å²) in [6, 6.07) is 3.91. The molecule has 1 aromatic rings. The Kier molecular flexibility index (Phi) is 3.47. The van der Waals surface area contributed by atoms with Crippen LogP contribution in [0.4, 0.5) is 5.69 Å². The second-order valence-electron chi connectivity index (χ2n) is 4.10. The Morgan fingerprint density at radius 2 is 2.22 bits per heavy atom. The van der Waals surface area contributed by atoms with E-state index in [0.717, 1.165) is 24.2 Å². The van der Waals surface area contributed by atoms with E-state index in [2.05, 4.69) is 10.6 Å². The van der Waals surface area contributed by atoms with Crippen molar-refractivity contribution in [2.45, 2.75) is 12.5 Å². The van der Waals surface area contributed by atoms with Gasteiger partial charge in [0, 0.05) is 17.8 Å². The van der Waals surface area contributed by atoms with E-state index in [9.17, 15) is 9.59 Å². The van der Waals surface area contributed by atoms with E-state index in [1.54, 1.807) is 12.1 Å². The summed E-state index contributed by atoms with van der Waals surface area (Å²) in [5.74, 6) is -1.77. The monoisotopic (exact) mass is 250 g/mol. The van der Waals surface area contributed by atoms with Gasteiger partial charge in [-0.05, 0) is 24.1 Å². The second-order valence-corrected chi connectivity index (χ2v) is 4.10. The van der Waals surface area contributed by atoms with Crippen LogP contribution in [0.3, 0.4) is 0 Å². The largest absolute Gasteiger partial charge is 0.480 e. The summed E-state index contributed by atoms with van der Waals surface area (Å²) < 4.78 is 0. The third-order valence-electron chi connectivity index (χ3n) is 2.87. The van der Waals surface area contributed by atoms with Crippen molar-refractivity contribution in [1.29, 1.82) is 0 Å². The molecule has 1 atom stereocenters. The molecule has 6 nitrogen and oxygen atoms in total. The van der Waals surface area contributed by atoms with Crippen LogP contribution in [0, 0.1) is 0 Å². The van der Waals surface area contributed by atoms with Crippen LogP contribution in [0.1, 0.15) is 15.9 Å². The Hall–Kier alpha value is -2.08. The maximum atomic E-state index is 11.8. The number of rotatable bonds is 4. The summed E-state index contributed by atoms with van der Waals surface area (Å²) >= 11 is 0. The van der Waals surface area contributed by atoms with Crippen molar-refractivity contribution < 1.29 is 19.8 Å². The third kappa shape index (κ3) is 2.43. The van der Waals surface area contributed by atoms with Gasteiger partial charge in [-0.2, -0.15) is 0 Å². The number of aliphatic hydroxyl groups is 1. The highest BCUT2D eigenvalue weighted by atomic mass is 16.4. The van der Waals surface area contributed by atoms with Crippen LogP contribution in [-0.2, 0) is 11.2 Å². The van der Waals surface area contributed by atoms with Crippen LogP contribution < -0.4 is 10.6 Å². The molecule has 96 valence electrons. The molecule has 0 saturated heterocycles. The van der Waals surface area contributed by atoms with Crippen LogP contribution in [0.15, 0.2) is 18.2 Å². The molecule has 0 saturated carbocycles. The molecule has 2 rings (SSSR count). The molecule has 0 aromatic heterocycles. The van der Waals surface area contributed by atoms with E-state index in [-0.39, 0.29) is 0 Å². The molecule has 1 aliphatic rings. The molecule has 18 heavy (non-hydrogen) atoms. The number of anilines is 1. The fraction of sp³-hybridized carbons (Fsp3) is 0.333. The number of benzene rings is 1. The summed E-state index contributed by atoms with van der Waals surface area (Å²) in [5, 5.41) is 23.0. The Labute approximate surface area is 104 Å². The minimum atomic E-state index is -1.28. The summed E-state index contributed by atoms with van der Waals surface area (Å²) in [4.78, 5) is 22.5. The van der Waals surface area contributed by atoms with Gasteiger partial charge in [-0.15, -0.1) is 0 Å². The fourth-order valence-electron chi connectivity index (χ4n) is 1.86. The number of aliphatic carboxylic acids is 1. The van der Waals surface area contributed by atoms with E-state index < -0.39 is 24.5 Å². The van der Waals surface area contributed by atoms with Crippen LogP contribution >= 0.6 is 0 Å². The number of amides is 1. The molecule has 0 bridgehead atoms. The normalized spacial score (nSPS) is 14.5. The van der Waals surface area contributed by atoms with Crippen molar-refractivity contribution in [1.82, 2.24) is 5.32 Å². The van der Waals surface area contributed by atoms with Gasteiger partial charge in [0.05, 0.1) is 6.61 Å². The van der Waals surface area contributed by atoms with Crippen molar-refractivity contribution in [2.24, 2.45) is 0 Å². The highest BCUT2D eigenvalue weighted by molar-refractivity contribution is 5.97. The predicted molar refractivity (Wildman–Crippen MR) is 64.6 cm³/mol. The summed E-state index contributed by atoms with van der Waals surface area (Å²) in [7, 11) is 0. The Morgan fingerprint density at radius 3 is 2.89 bits per heavy atom. The van der Waals surface area contributed by atoms with E-state index in [0.29, 0.717) is 5.56 Å². The fourth-order valence-corrected chi connectivity index (χ4v) is 1.86. The molecule has 1 amide bonds. The minimum absolute atomic E-state index is 0.378. The number of carbonyl (C=O) groups is 2. The number of carboxylic acid groups (broad SMARTS) is 1. The smallest absolute Gasteiger partial charge is 0.328 e. The van der Waals surface area contributed by atoms with Crippen molar-refractivity contribution in [2.75, 3.05) is 18.5 Å². The molecule has 1 aliphatic heterocycles. The Morgan fingerprint density at radius 1 is 1.44 bits per heavy atom. The zero-order valence-electron chi connectivity index (χ0n) is 9.64. The van der Waals surface area contributed by atoms with Crippen LogP contribution in [0.25, 0.3) is 0 Å². The molecule has 1 aromatic carbocycles. The summed E-state index contributed by atoms with van der Waals surface area (Å²) in [6.07, 6.45) is 0.922. The van der Waals surface area contributed by atoms with Gasteiger partial charge in [0.15, 0.2) is 6.04 Å². The topological polar surface area (TPSA) is 98.7 Å². The predicted octanol–water partition coefficient (Wildman–Crippen LogP) is -0.170. The quantitative estimate of drug-likeness (QED) is 0.594. The molecular formula is C12H14N2O4. The van der Waals surface area contributed by atoms with Crippen molar-refractivity contribution >= 4 is 17.6 Å². The molecule has 0 radical (unpaired) electrons. The van der Waals surface area contributed by atoms with Crippen LogP contribution in [-0.4, -0.2) is 41.3 Å². The lowest BCUT2D eigenvalue weighted by Gasteiger charge is -2.12. The van der Waals surface area contributed by atoms with Gasteiger partial charge < -0.3 is 20.8 Å². The van der Waals surface area contributed by atoms with E-state index in [4.69, 9.17) is 10.2 Å². The van der Waals surface area contributed by atoms with Crippen molar-refractivity contribution in [3.05, 3.63) is 29.3 Å². The van der Waals surface area contributed by atoms with E-state index in [1.807, 2.05) is 6.07 Å². The number of aliphatic hydroxyl groups excluding tert-OH is 1. The third-order valence-corrected chi connectivity index (χ3v) is 2.87. The maximum absolute atomic E-state index is 11.8. The summed E-state index contributed by atoms with van der Waals surface area (Å²) in [5.41, 5.74) is 2.42. The van der Waals surface area contributed by atoms with Crippen molar-refractivity contribution in [3.63, 3.8) is 0 Å². The first-order valence-corrected chi connectivity index (χ1v) is 5.63. The van der Waals surface area contributed by atoms with Crippen LogP contribution in [0.5, 0.6) is 0 Å². The number of nitrogens with one attached hydrogen (secondary N) is 2. The molecule has 4 N–H and O–H groups in total. The number of hydrogen-bond donors (Lipinski definition) is 4. The first-order valence-electron chi connectivity index (χ1n) is 5.63. The Bertz CT molecular complexity index is 487. The second kappa shape index (κ2) is 5.05. The van der Waals surface area contributed by atoms with Gasteiger partial charge in [0.25, 0.3) is 5.91 Å². The van der Waals surface area contributed by atoms with Gasteiger partial charge in [0.2, 0.25) is 0 Å². The van der Waals surface area contributed by atoms with Crippen LogP contribution in [0.2, 0.25) is 0 Å². The Balaban J connectivity index is 2.12. The number of hydrogen-bond acceptors (Lipinski definition) is 4. The first-order chi connectivity index (χ1) is 8.61. The van der Waals surface area contributed by atoms with Gasteiger partial charge in [-0.3, -0.25) is 4.79 Å². The average Bonchev–Trinajstić information content (AvgIpc) is 2.82. The minimum Gasteiger partial charge on any atom is -0.480 e. The number of carbonyl (C=O) groups excluding carboxylic acids is 1. The SMILES string of the molecule is O=C(N[C@H](CO)C(=O)O)c1ccc2c(c1)NCC2. The molecule has 0 spiro atoms. The zero-order chi connectivity index (χ0) is 13.1. The van der Waals surface area contributed by atoms with Crippen molar-refractivity contribution in [3.8, 4) is 0 Å². The number of fused-ring (bicyclic) bond motifs is 1. The van der Waals surface area contributed by atoms with E-state index in [1.165, 1.54) is 0 Å².